The van der Waals surface area contributed by atoms with Gasteiger partial charge in [0.15, 0.2) is 12.0 Å². The summed E-state index contributed by atoms with van der Waals surface area (Å²) in [5.41, 5.74) is 0. The molecule has 1 saturated heterocycles. The van der Waals surface area contributed by atoms with Crippen molar-refractivity contribution in [2.45, 2.75) is 53.1 Å². The Morgan fingerprint density at radius 3 is 2.41 bits per heavy atom. The molecule has 0 aromatic carbocycles. The number of hydrogen-bond acceptors (Lipinski definition) is 5. The van der Waals surface area contributed by atoms with Crippen LogP contribution in [0, 0.1) is 17.2 Å². The van der Waals surface area contributed by atoms with Crippen LogP contribution in [0.2, 0.25) is 0 Å². The highest BCUT2D eigenvalue weighted by Crippen LogP contribution is 2.33. The molecule has 5 heteroatoms. The molecule has 1 fully saturated rings. The van der Waals surface area contributed by atoms with Gasteiger partial charge in [-0.15, -0.1) is 0 Å². The van der Waals surface area contributed by atoms with E-state index in [4.69, 9.17) is 21.0 Å². The number of nitrogens with one attached hydrogen (secondary N) is 1. The topological polar surface area (TPSA) is 68.6 Å². The van der Waals surface area contributed by atoms with Crippen molar-refractivity contribution >= 4 is 11.9 Å². The van der Waals surface area contributed by atoms with Gasteiger partial charge in [-0.05, 0) is 12.8 Å². The quantitative estimate of drug-likeness (QED) is 0.458. The number of carbonyl (C=O) groups is 1. The second-order valence-electron chi connectivity index (χ2n) is 4.51. The predicted molar refractivity (Wildman–Crippen MR) is 62.7 cm³/mol. The molecule has 0 spiro atoms. The van der Waals surface area contributed by atoms with E-state index in [-0.39, 0.29) is 30.7 Å². The van der Waals surface area contributed by atoms with Gasteiger partial charge >= 0.3 is 5.97 Å². The molecule has 1 aliphatic rings. The zero-order valence-electron chi connectivity index (χ0n) is 11.7. The largest absolute Gasteiger partial charge is 0.456 e. The van der Waals surface area contributed by atoms with Crippen molar-refractivity contribution in [3.05, 3.63) is 0 Å². The van der Waals surface area contributed by atoms with Crippen molar-refractivity contribution < 1.29 is 20.4 Å². The van der Waals surface area contributed by atoms with Gasteiger partial charge in [0.25, 0.3) is 0 Å². The maximum atomic E-state index is 11.1. The molecule has 5 unspecified atom stereocenters. The average molecular weight is 245 g/mol. The Labute approximate surface area is 103 Å². The lowest BCUT2D eigenvalue weighted by Gasteiger charge is -2.42. The van der Waals surface area contributed by atoms with Gasteiger partial charge in [0, 0.05) is 21.1 Å². The summed E-state index contributed by atoms with van der Waals surface area (Å²) in [5, 5.41) is 7.35. The smallest absolute Gasteiger partial charge is 0.303 e. The van der Waals surface area contributed by atoms with Gasteiger partial charge in [-0.3, -0.25) is 10.2 Å². The van der Waals surface area contributed by atoms with Crippen LogP contribution in [-0.4, -0.2) is 30.4 Å². The van der Waals surface area contributed by atoms with E-state index in [1.807, 2.05) is 13.8 Å². The molecule has 5 nitrogen and oxygen atoms in total. The van der Waals surface area contributed by atoms with Crippen LogP contribution in [0.15, 0.2) is 0 Å². The van der Waals surface area contributed by atoms with E-state index in [1.54, 1.807) is 0 Å². The maximum absolute atomic E-state index is 11.1. The van der Waals surface area contributed by atoms with E-state index < -0.39 is 18.4 Å². The molecule has 1 rings (SSSR count). The standard InChI is InChI=1S/C12H21NO4/c1-6-7(2)11(17-10(5)14)12(15-8(6)3)16-9(4)13/h6-8,11-13H,1-5H3/i3T. The molecule has 98 valence electrons. The Balaban J connectivity index is 2.86. The third-order valence-corrected chi connectivity index (χ3v) is 3.11. The molecule has 0 aromatic heterocycles. The van der Waals surface area contributed by atoms with Crippen LogP contribution in [0.3, 0.4) is 0 Å². The molecule has 0 saturated carbocycles. The van der Waals surface area contributed by atoms with Crippen LogP contribution in [0.25, 0.3) is 0 Å². The second kappa shape index (κ2) is 5.49. The monoisotopic (exact) mass is 245 g/mol. The van der Waals surface area contributed by atoms with Crippen molar-refractivity contribution in [3.63, 3.8) is 0 Å². The summed E-state index contributed by atoms with van der Waals surface area (Å²) in [6, 6.07) is 0. The normalized spacial score (nSPS) is 38.1. The van der Waals surface area contributed by atoms with E-state index >= 15 is 0 Å². The molecule has 0 radical (unpaired) electrons. The molecule has 0 amide bonds. The lowest BCUT2D eigenvalue weighted by atomic mass is 9.84. The van der Waals surface area contributed by atoms with Gasteiger partial charge in [0.2, 0.25) is 6.29 Å². The van der Waals surface area contributed by atoms with Crippen LogP contribution >= 0.6 is 0 Å². The fourth-order valence-corrected chi connectivity index (χ4v) is 1.88. The Morgan fingerprint density at radius 2 is 1.94 bits per heavy atom. The Bertz CT molecular complexity index is 323. The van der Waals surface area contributed by atoms with Gasteiger partial charge in [0.05, 0.1) is 6.10 Å². The van der Waals surface area contributed by atoms with Crippen molar-refractivity contribution in [2.24, 2.45) is 11.8 Å². The van der Waals surface area contributed by atoms with Gasteiger partial charge in [0.1, 0.15) is 0 Å². The van der Waals surface area contributed by atoms with Gasteiger partial charge in [-0.25, -0.2) is 0 Å². The molecule has 5 atom stereocenters. The highest BCUT2D eigenvalue weighted by Gasteiger charge is 2.43. The van der Waals surface area contributed by atoms with Gasteiger partial charge < -0.3 is 14.2 Å². The predicted octanol–water partition coefficient (Wildman–Crippen LogP) is 1.95. The Morgan fingerprint density at radius 1 is 1.29 bits per heavy atom. The van der Waals surface area contributed by atoms with Crippen LogP contribution in [0.1, 0.15) is 36.0 Å². The molecule has 17 heavy (non-hydrogen) atoms. The number of esters is 1. The lowest BCUT2D eigenvalue weighted by Crippen LogP contribution is -2.51. The summed E-state index contributed by atoms with van der Waals surface area (Å²) in [6.07, 6.45) is -1.61. The summed E-state index contributed by atoms with van der Waals surface area (Å²) >= 11 is 0. The summed E-state index contributed by atoms with van der Waals surface area (Å²) < 4.78 is 23.6. The van der Waals surface area contributed by atoms with Crippen LogP contribution in [-0.2, 0) is 19.0 Å². The van der Waals surface area contributed by atoms with Crippen molar-refractivity contribution in [2.75, 3.05) is 0 Å². The molecule has 0 aromatic rings. The first-order valence-corrected chi connectivity index (χ1v) is 5.70. The number of carbonyl (C=O) groups excluding carboxylic acids is 1. The first-order valence-electron chi connectivity index (χ1n) is 6.41. The number of rotatable bonds is 2. The third kappa shape index (κ3) is 3.43. The molecular formula is C12H21NO4. The molecule has 1 N–H and O–H groups in total. The molecule has 1 aliphatic heterocycles. The molecular weight excluding hydrogens is 222 g/mol. The SMILES string of the molecule is [3H]CC1OC(OC(C)=N)C(OC(C)=O)C(C)C1C. The summed E-state index contributed by atoms with van der Waals surface area (Å²) in [5.74, 6) is -0.286. The van der Waals surface area contributed by atoms with Crippen molar-refractivity contribution in [3.8, 4) is 0 Å². The van der Waals surface area contributed by atoms with E-state index in [0.29, 0.717) is 0 Å². The van der Waals surface area contributed by atoms with E-state index in [1.165, 1.54) is 13.8 Å². The fraction of sp³-hybridized carbons (Fsp3) is 0.833. The first-order chi connectivity index (χ1) is 8.36. The highest BCUT2D eigenvalue weighted by molar-refractivity contribution is 5.69. The molecule has 1 heterocycles. The second-order valence-corrected chi connectivity index (χ2v) is 4.51. The fourth-order valence-electron chi connectivity index (χ4n) is 1.88. The highest BCUT2D eigenvalue weighted by atomic mass is 16.7. The lowest BCUT2D eigenvalue weighted by molar-refractivity contribution is -0.247. The maximum Gasteiger partial charge on any atom is 0.303 e. The van der Waals surface area contributed by atoms with E-state index in [2.05, 4.69) is 0 Å². The first kappa shape index (κ1) is 12.4. The number of hydrogen-bond donors (Lipinski definition) is 1. The zero-order chi connectivity index (χ0) is 13.9. The minimum atomic E-state index is -0.798. The summed E-state index contributed by atoms with van der Waals surface area (Å²) in [6.45, 7) is 6.86. The van der Waals surface area contributed by atoms with Crippen LogP contribution < -0.4 is 0 Å². The van der Waals surface area contributed by atoms with Crippen molar-refractivity contribution in [1.82, 2.24) is 0 Å². The van der Waals surface area contributed by atoms with Crippen molar-refractivity contribution in [1.29, 1.82) is 5.41 Å². The molecule has 0 bridgehead atoms. The third-order valence-electron chi connectivity index (χ3n) is 3.11. The van der Waals surface area contributed by atoms with E-state index in [9.17, 15) is 4.79 Å². The summed E-state index contributed by atoms with van der Waals surface area (Å²) in [4.78, 5) is 11.1. The average Bonchev–Trinajstić information content (AvgIpc) is 2.27. The van der Waals surface area contributed by atoms with Gasteiger partial charge in [-0.1, -0.05) is 13.8 Å². The van der Waals surface area contributed by atoms with Crippen LogP contribution in [0.5, 0.6) is 0 Å². The Kier molecular flexibility index (Phi) is 3.99. The molecule has 0 aliphatic carbocycles. The number of ether oxygens (including phenoxy) is 3. The minimum absolute atomic E-state index is 0.00244. The Hall–Kier alpha value is -1.10. The summed E-state index contributed by atoms with van der Waals surface area (Å²) in [7, 11) is 0. The zero-order valence-corrected chi connectivity index (χ0v) is 10.7. The van der Waals surface area contributed by atoms with Gasteiger partial charge in [-0.2, -0.15) is 0 Å². The van der Waals surface area contributed by atoms with E-state index in [0.717, 1.165) is 0 Å². The van der Waals surface area contributed by atoms with Crippen LogP contribution in [0.4, 0.5) is 0 Å². The minimum Gasteiger partial charge on any atom is -0.456 e.